The molecule has 0 N–H and O–H groups in total. The number of nitrogens with zero attached hydrogens (tertiary/aromatic N) is 2. The molecule has 3 aliphatic rings. The Balaban J connectivity index is 0.000000166. The molecule has 6 rings (SSSR count). The van der Waals surface area contributed by atoms with Gasteiger partial charge in [-0.1, -0.05) is 67.6 Å². The van der Waals surface area contributed by atoms with Gasteiger partial charge in [0.2, 0.25) is 11.8 Å². The van der Waals surface area contributed by atoms with E-state index in [9.17, 15) is 19.2 Å². The molecule has 3 unspecified atom stereocenters. The lowest BCUT2D eigenvalue weighted by molar-refractivity contribution is -0.123. The minimum Gasteiger partial charge on any atom is -0.274 e. The predicted octanol–water partition coefficient (Wildman–Crippen LogP) is 4.27. The predicted molar refractivity (Wildman–Crippen MR) is 133 cm³/mol. The smallest absolute Gasteiger partial charge is 0.258 e. The number of carbonyl (C=O) groups is 4. The van der Waals surface area contributed by atoms with Crippen LogP contribution in [0.25, 0.3) is 0 Å². The van der Waals surface area contributed by atoms with Gasteiger partial charge in [0.1, 0.15) is 0 Å². The maximum absolute atomic E-state index is 12.9. The standard InChI is InChI=1S/C19H17NO2.C10H7NO2/c1-12-15-10-6-5-7-13(15)11-16-17(12)19(22)20(18(16)21)14-8-3-2-4-9-14;12-9-6-7-10(13)11(9)8-4-2-1-3-5-8/h2-10,12,16-17H,11H2,1H3;1-7H. The van der Waals surface area contributed by atoms with Gasteiger partial charge < -0.3 is 0 Å². The summed E-state index contributed by atoms with van der Waals surface area (Å²) in [7, 11) is 0. The van der Waals surface area contributed by atoms with Crippen LogP contribution in [0.3, 0.4) is 0 Å². The van der Waals surface area contributed by atoms with Crippen LogP contribution >= 0.6 is 0 Å². The topological polar surface area (TPSA) is 74.8 Å². The number of imide groups is 2. The third kappa shape index (κ3) is 3.97. The fraction of sp³-hybridized carbons (Fsp3) is 0.172. The van der Waals surface area contributed by atoms with Gasteiger partial charge in [0.15, 0.2) is 0 Å². The first-order chi connectivity index (χ1) is 17.0. The second-order valence-corrected chi connectivity index (χ2v) is 8.85. The van der Waals surface area contributed by atoms with Crippen molar-refractivity contribution in [2.75, 3.05) is 9.80 Å². The number of rotatable bonds is 2. The summed E-state index contributed by atoms with van der Waals surface area (Å²) in [5, 5.41) is 0. The Labute approximate surface area is 203 Å². The van der Waals surface area contributed by atoms with E-state index in [0.717, 1.165) is 4.90 Å². The Kier molecular flexibility index (Phi) is 5.87. The first-order valence-electron chi connectivity index (χ1n) is 11.6. The maximum Gasteiger partial charge on any atom is 0.258 e. The zero-order chi connectivity index (χ0) is 24.5. The fourth-order valence-electron chi connectivity index (χ4n) is 5.18. The molecule has 0 bridgehead atoms. The zero-order valence-electron chi connectivity index (χ0n) is 19.2. The number of amides is 4. The molecular formula is C29H24N2O4. The molecule has 2 heterocycles. The van der Waals surface area contributed by atoms with Gasteiger partial charge in [-0.05, 0) is 47.7 Å². The van der Waals surface area contributed by atoms with E-state index in [2.05, 4.69) is 19.1 Å². The van der Waals surface area contributed by atoms with E-state index >= 15 is 0 Å². The molecule has 3 atom stereocenters. The number of hydrogen-bond acceptors (Lipinski definition) is 4. The summed E-state index contributed by atoms with van der Waals surface area (Å²) in [5.41, 5.74) is 3.71. The maximum atomic E-state index is 12.9. The zero-order valence-corrected chi connectivity index (χ0v) is 19.2. The van der Waals surface area contributed by atoms with Crippen LogP contribution in [0.5, 0.6) is 0 Å². The van der Waals surface area contributed by atoms with Gasteiger partial charge in [-0.25, -0.2) is 4.90 Å². The van der Waals surface area contributed by atoms with E-state index in [0.29, 0.717) is 17.8 Å². The lowest BCUT2D eigenvalue weighted by Gasteiger charge is -2.30. The quantitative estimate of drug-likeness (QED) is 0.531. The van der Waals surface area contributed by atoms with E-state index in [1.54, 1.807) is 24.3 Å². The average Bonchev–Trinajstić information content (AvgIpc) is 3.35. The Morgan fingerprint density at radius 3 is 1.74 bits per heavy atom. The minimum absolute atomic E-state index is 0.0526. The number of fused-ring (bicyclic) bond motifs is 2. The highest BCUT2D eigenvalue weighted by Gasteiger charge is 2.52. The van der Waals surface area contributed by atoms with Crippen molar-refractivity contribution in [2.45, 2.75) is 19.3 Å². The summed E-state index contributed by atoms with van der Waals surface area (Å²) in [5.74, 6) is -1.04. The van der Waals surface area contributed by atoms with E-state index < -0.39 is 0 Å². The van der Waals surface area contributed by atoms with Gasteiger partial charge in [0, 0.05) is 12.2 Å². The molecule has 0 spiro atoms. The highest BCUT2D eigenvalue weighted by Crippen LogP contribution is 2.45. The highest BCUT2D eigenvalue weighted by molar-refractivity contribution is 6.28. The summed E-state index contributed by atoms with van der Waals surface area (Å²) in [4.78, 5) is 50.6. The molecule has 0 radical (unpaired) electrons. The van der Waals surface area contributed by atoms with Gasteiger partial charge >= 0.3 is 0 Å². The Bertz CT molecular complexity index is 1320. The molecule has 6 heteroatoms. The lowest BCUT2D eigenvalue weighted by Crippen LogP contribution is -2.31. The van der Waals surface area contributed by atoms with Gasteiger partial charge in [0.25, 0.3) is 11.8 Å². The third-order valence-corrected chi connectivity index (χ3v) is 6.84. The number of carbonyl (C=O) groups excluding carboxylic acids is 4. The Morgan fingerprint density at radius 1 is 0.629 bits per heavy atom. The van der Waals surface area contributed by atoms with Crippen LogP contribution in [0, 0.1) is 11.8 Å². The van der Waals surface area contributed by atoms with Crippen LogP contribution in [-0.2, 0) is 25.6 Å². The molecule has 6 nitrogen and oxygen atoms in total. The molecule has 2 aliphatic heterocycles. The molecule has 4 amide bonds. The van der Waals surface area contributed by atoms with Crippen molar-refractivity contribution in [3.8, 4) is 0 Å². The molecule has 1 saturated heterocycles. The molecule has 35 heavy (non-hydrogen) atoms. The summed E-state index contributed by atoms with van der Waals surface area (Å²) in [6, 6.07) is 26.3. The summed E-state index contributed by atoms with van der Waals surface area (Å²) < 4.78 is 0. The molecular weight excluding hydrogens is 440 g/mol. The number of anilines is 2. The molecule has 0 saturated carbocycles. The van der Waals surface area contributed by atoms with Crippen molar-refractivity contribution in [2.24, 2.45) is 11.8 Å². The van der Waals surface area contributed by atoms with Crippen molar-refractivity contribution >= 4 is 35.0 Å². The molecule has 0 aromatic heterocycles. The number of hydrogen-bond donors (Lipinski definition) is 0. The highest BCUT2D eigenvalue weighted by atomic mass is 16.2. The van der Waals surface area contributed by atoms with Crippen molar-refractivity contribution in [1.29, 1.82) is 0 Å². The summed E-state index contributed by atoms with van der Waals surface area (Å²) in [6.45, 7) is 2.06. The molecule has 174 valence electrons. The van der Waals surface area contributed by atoms with Crippen LogP contribution in [0.1, 0.15) is 24.0 Å². The van der Waals surface area contributed by atoms with E-state index in [1.807, 2.05) is 48.5 Å². The summed E-state index contributed by atoms with van der Waals surface area (Å²) in [6.07, 6.45) is 3.21. The van der Waals surface area contributed by atoms with Crippen LogP contribution < -0.4 is 9.80 Å². The normalized spacial score (nSPS) is 22.6. The molecule has 1 fully saturated rings. The SMILES string of the molecule is CC1c2ccccc2CC2C(=O)N(c3ccccc3)C(=O)C21.O=C1C=CC(=O)N1c1ccccc1. The van der Waals surface area contributed by atoms with Crippen LogP contribution in [0.2, 0.25) is 0 Å². The number of benzene rings is 3. The Hall–Kier alpha value is -4.32. The second-order valence-electron chi connectivity index (χ2n) is 8.85. The summed E-state index contributed by atoms with van der Waals surface area (Å²) >= 11 is 0. The van der Waals surface area contributed by atoms with E-state index in [4.69, 9.17) is 0 Å². The van der Waals surface area contributed by atoms with Gasteiger partial charge in [-0.15, -0.1) is 0 Å². The number of para-hydroxylation sites is 2. The molecule has 3 aromatic rings. The van der Waals surface area contributed by atoms with Crippen molar-refractivity contribution < 1.29 is 19.2 Å². The van der Waals surface area contributed by atoms with Gasteiger partial charge in [-0.2, -0.15) is 0 Å². The lowest BCUT2D eigenvalue weighted by atomic mass is 9.71. The van der Waals surface area contributed by atoms with Crippen molar-refractivity contribution in [1.82, 2.24) is 0 Å². The minimum atomic E-state index is -0.281. The van der Waals surface area contributed by atoms with E-state index in [1.165, 1.54) is 28.2 Å². The van der Waals surface area contributed by atoms with Gasteiger partial charge in [-0.3, -0.25) is 24.1 Å². The van der Waals surface area contributed by atoms with E-state index in [-0.39, 0.29) is 41.4 Å². The average molecular weight is 465 g/mol. The molecule has 3 aromatic carbocycles. The Morgan fingerprint density at radius 2 is 1.14 bits per heavy atom. The van der Waals surface area contributed by atoms with Crippen LogP contribution in [-0.4, -0.2) is 23.6 Å². The fourth-order valence-corrected chi connectivity index (χ4v) is 5.18. The first-order valence-corrected chi connectivity index (χ1v) is 11.6. The monoisotopic (exact) mass is 464 g/mol. The largest absolute Gasteiger partial charge is 0.274 e. The van der Waals surface area contributed by atoms with Crippen molar-refractivity contribution in [3.05, 3.63) is 108 Å². The second kappa shape index (κ2) is 9.14. The van der Waals surface area contributed by atoms with Crippen LogP contribution in [0.4, 0.5) is 11.4 Å². The first kappa shape index (κ1) is 22.5. The van der Waals surface area contributed by atoms with Crippen LogP contribution in [0.15, 0.2) is 97.1 Å². The third-order valence-electron chi connectivity index (χ3n) is 6.84. The van der Waals surface area contributed by atoms with Crippen molar-refractivity contribution in [3.63, 3.8) is 0 Å². The molecule has 1 aliphatic carbocycles. The van der Waals surface area contributed by atoms with Gasteiger partial charge in [0.05, 0.1) is 23.2 Å².